The highest BCUT2D eigenvalue weighted by Crippen LogP contribution is 2.46. The Labute approximate surface area is 438 Å². The standard InChI is InChI=1S/C69H58N6/c1-42-29-34-71-62(35-42)75-59-28-24-49(68(4,5)6)39-57(59)53-25-23-47(38-60(53)75)56-40-50(69(7,8)48-19-13-10-14-20-48)41-61-65(56)73-67(74(61)51-36-43(2)63(44(3)37-51)46-17-11-9-12-18-46)55-27-26-52(45-30-32-70-33-31-45)64-54-21-15-16-22-58(54)72-66(55)64/h9-41,72H,1-8H3. The molecule has 0 bridgehead atoms. The molecule has 0 aliphatic rings. The van der Waals surface area contributed by atoms with Crippen molar-refractivity contribution in [1.82, 2.24) is 29.1 Å². The molecule has 75 heavy (non-hydrogen) atoms. The van der Waals surface area contributed by atoms with E-state index < -0.39 is 0 Å². The largest absolute Gasteiger partial charge is 0.354 e. The normalized spacial score (nSPS) is 12.3. The summed E-state index contributed by atoms with van der Waals surface area (Å²) in [6, 6.07) is 66.8. The molecule has 0 fully saturated rings. The van der Waals surface area contributed by atoms with Gasteiger partial charge in [0.25, 0.3) is 0 Å². The molecule has 6 heteroatoms. The molecule has 13 aromatic rings. The number of para-hydroxylation sites is 1. The quantitative estimate of drug-likeness (QED) is 0.165. The fourth-order valence-corrected chi connectivity index (χ4v) is 11.8. The number of pyridine rings is 2. The molecule has 0 radical (unpaired) electrons. The van der Waals surface area contributed by atoms with E-state index in [-0.39, 0.29) is 10.8 Å². The first-order chi connectivity index (χ1) is 36.3. The van der Waals surface area contributed by atoms with Crippen LogP contribution >= 0.6 is 0 Å². The Hall–Kier alpha value is -8.87. The van der Waals surface area contributed by atoms with E-state index in [1.165, 1.54) is 49.7 Å². The first-order valence-electron chi connectivity index (χ1n) is 26.1. The van der Waals surface area contributed by atoms with Gasteiger partial charge in [0.05, 0.1) is 27.6 Å². The van der Waals surface area contributed by atoms with Gasteiger partial charge in [0, 0.05) is 67.9 Å². The summed E-state index contributed by atoms with van der Waals surface area (Å²) in [4.78, 5) is 19.3. The highest BCUT2D eigenvalue weighted by molar-refractivity contribution is 6.18. The third-order valence-electron chi connectivity index (χ3n) is 15.8. The average molecular weight is 971 g/mol. The third kappa shape index (κ3) is 7.57. The Morgan fingerprint density at radius 3 is 1.93 bits per heavy atom. The van der Waals surface area contributed by atoms with Crippen molar-refractivity contribution in [3.05, 3.63) is 234 Å². The van der Waals surface area contributed by atoms with Crippen molar-refractivity contribution in [2.75, 3.05) is 0 Å². The fraction of sp³-hybridized carbons (Fsp3) is 0.145. The van der Waals surface area contributed by atoms with Crippen LogP contribution in [0, 0.1) is 20.8 Å². The SMILES string of the molecule is Cc1ccnc(-n2c3ccc(C(C)(C)C)cc3c3ccc(-c4cc(C(C)(C)c5ccccc5)cc5c4nc(-c4ccc(-c6ccncc6)c6c4[nH]c4ccccc46)n5-c4cc(C)c(-c5ccccc5)c(C)c4)cc32)c1. The molecule has 0 amide bonds. The summed E-state index contributed by atoms with van der Waals surface area (Å²) in [6.45, 7) is 18.2. The van der Waals surface area contributed by atoms with Crippen LogP contribution in [0.5, 0.6) is 0 Å². The Morgan fingerprint density at radius 2 is 1.19 bits per heavy atom. The molecule has 0 saturated carbocycles. The van der Waals surface area contributed by atoms with Crippen LogP contribution in [0.1, 0.15) is 68.0 Å². The number of hydrogen-bond donors (Lipinski definition) is 1. The minimum absolute atomic E-state index is 0.0189. The van der Waals surface area contributed by atoms with E-state index in [9.17, 15) is 0 Å². The van der Waals surface area contributed by atoms with Gasteiger partial charge < -0.3 is 4.98 Å². The van der Waals surface area contributed by atoms with Crippen LogP contribution in [-0.2, 0) is 10.8 Å². The first-order valence-corrected chi connectivity index (χ1v) is 26.1. The zero-order chi connectivity index (χ0) is 51.3. The van der Waals surface area contributed by atoms with Crippen molar-refractivity contribution in [3.8, 4) is 56.3 Å². The van der Waals surface area contributed by atoms with Gasteiger partial charge in [0.1, 0.15) is 11.6 Å². The molecule has 8 aromatic carbocycles. The second kappa shape index (κ2) is 17.4. The third-order valence-corrected chi connectivity index (χ3v) is 15.8. The number of H-pyrrole nitrogens is 1. The highest BCUT2D eigenvalue weighted by Gasteiger charge is 2.29. The molecule has 0 atom stereocenters. The van der Waals surface area contributed by atoms with Gasteiger partial charge in [0.2, 0.25) is 0 Å². The zero-order valence-electron chi connectivity index (χ0n) is 43.8. The Balaban J connectivity index is 1.16. The number of benzene rings is 8. The van der Waals surface area contributed by atoms with Gasteiger partial charge >= 0.3 is 0 Å². The topological polar surface area (TPSA) is 64.3 Å². The van der Waals surface area contributed by atoms with Crippen LogP contribution < -0.4 is 0 Å². The molecule has 5 aromatic heterocycles. The predicted molar refractivity (Wildman–Crippen MR) is 314 cm³/mol. The van der Waals surface area contributed by atoms with E-state index in [1.54, 1.807) is 0 Å². The van der Waals surface area contributed by atoms with Crippen molar-refractivity contribution in [2.45, 2.75) is 66.2 Å². The summed E-state index contributed by atoms with van der Waals surface area (Å²) >= 11 is 0. The molecular formula is C69H58N6. The Morgan fingerprint density at radius 1 is 0.467 bits per heavy atom. The van der Waals surface area contributed by atoms with Gasteiger partial charge in [-0.05, 0) is 166 Å². The number of aryl methyl sites for hydroxylation is 3. The van der Waals surface area contributed by atoms with Crippen molar-refractivity contribution in [2.24, 2.45) is 0 Å². The molecule has 5 heterocycles. The highest BCUT2D eigenvalue weighted by atomic mass is 15.1. The summed E-state index contributed by atoms with van der Waals surface area (Å²) < 4.78 is 4.79. The van der Waals surface area contributed by atoms with Crippen molar-refractivity contribution < 1.29 is 0 Å². The molecule has 0 spiro atoms. The van der Waals surface area contributed by atoms with Gasteiger partial charge in [-0.15, -0.1) is 0 Å². The number of nitrogens with zero attached hydrogens (tertiary/aromatic N) is 5. The second-order valence-electron chi connectivity index (χ2n) is 22.0. The summed E-state index contributed by atoms with van der Waals surface area (Å²) in [5.41, 5.74) is 22.1. The fourth-order valence-electron chi connectivity index (χ4n) is 11.8. The molecular weight excluding hydrogens is 913 g/mol. The summed E-state index contributed by atoms with van der Waals surface area (Å²) in [6.07, 6.45) is 5.67. The number of hydrogen-bond acceptors (Lipinski definition) is 3. The molecule has 0 aliphatic heterocycles. The predicted octanol–water partition coefficient (Wildman–Crippen LogP) is 17.8. The van der Waals surface area contributed by atoms with E-state index in [2.05, 4.69) is 256 Å². The van der Waals surface area contributed by atoms with Gasteiger partial charge in [0.15, 0.2) is 0 Å². The van der Waals surface area contributed by atoms with Crippen LogP contribution in [0.15, 0.2) is 201 Å². The molecule has 0 unspecified atom stereocenters. The number of fused-ring (bicyclic) bond motifs is 7. The van der Waals surface area contributed by atoms with Crippen LogP contribution in [0.4, 0.5) is 0 Å². The van der Waals surface area contributed by atoms with Gasteiger partial charge in [-0.1, -0.05) is 138 Å². The Bertz CT molecular complexity index is 4350. The minimum Gasteiger partial charge on any atom is -0.354 e. The lowest BCUT2D eigenvalue weighted by Crippen LogP contribution is -2.19. The molecule has 0 saturated heterocycles. The summed E-state index contributed by atoms with van der Waals surface area (Å²) in [5, 5.41) is 4.72. The first kappa shape index (κ1) is 46.0. The Kier molecular flexibility index (Phi) is 10.7. The smallest absolute Gasteiger partial charge is 0.147 e. The van der Waals surface area contributed by atoms with Crippen molar-refractivity contribution in [1.29, 1.82) is 0 Å². The van der Waals surface area contributed by atoms with Gasteiger partial charge in [-0.25, -0.2) is 9.97 Å². The van der Waals surface area contributed by atoms with Crippen LogP contribution in [-0.4, -0.2) is 29.1 Å². The summed E-state index contributed by atoms with van der Waals surface area (Å²) in [5.74, 6) is 1.76. The molecule has 364 valence electrons. The maximum atomic E-state index is 5.96. The van der Waals surface area contributed by atoms with E-state index in [0.717, 1.165) is 94.6 Å². The number of aromatic nitrogens is 6. The maximum absolute atomic E-state index is 5.96. The minimum atomic E-state index is -0.382. The average Bonchev–Trinajstić information content (AvgIpc) is 4.22. The number of rotatable bonds is 8. The van der Waals surface area contributed by atoms with Crippen LogP contribution in [0.25, 0.3) is 111 Å². The summed E-state index contributed by atoms with van der Waals surface area (Å²) in [7, 11) is 0. The lowest BCUT2D eigenvalue weighted by molar-refractivity contribution is 0.591. The zero-order valence-corrected chi connectivity index (χ0v) is 43.8. The van der Waals surface area contributed by atoms with Crippen molar-refractivity contribution >= 4 is 54.6 Å². The second-order valence-corrected chi connectivity index (χ2v) is 22.0. The monoisotopic (exact) mass is 970 g/mol. The molecule has 0 aliphatic carbocycles. The number of aromatic amines is 1. The number of imidazole rings is 1. The molecule has 1 N–H and O–H groups in total. The van der Waals surface area contributed by atoms with E-state index in [0.29, 0.717) is 0 Å². The number of nitrogens with one attached hydrogen (secondary N) is 1. The van der Waals surface area contributed by atoms with E-state index in [1.807, 2.05) is 18.6 Å². The van der Waals surface area contributed by atoms with Gasteiger partial charge in [-0.3, -0.25) is 14.1 Å². The lowest BCUT2D eigenvalue weighted by Gasteiger charge is -2.27. The van der Waals surface area contributed by atoms with E-state index >= 15 is 0 Å². The van der Waals surface area contributed by atoms with Crippen LogP contribution in [0.3, 0.4) is 0 Å². The van der Waals surface area contributed by atoms with Crippen LogP contribution in [0.2, 0.25) is 0 Å². The lowest BCUT2D eigenvalue weighted by atomic mass is 9.77. The molecule has 6 nitrogen and oxygen atoms in total. The van der Waals surface area contributed by atoms with Crippen molar-refractivity contribution in [3.63, 3.8) is 0 Å². The van der Waals surface area contributed by atoms with E-state index in [4.69, 9.17) is 9.97 Å². The molecule has 13 rings (SSSR count). The maximum Gasteiger partial charge on any atom is 0.147 e. The van der Waals surface area contributed by atoms with Gasteiger partial charge in [-0.2, -0.15) is 0 Å².